The average molecular weight is 656 g/mol. The van der Waals surface area contributed by atoms with E-state index >= 15 is 0 Å². The van der Waals surface area contributed by atoms with Crippen molar-refractivity contribution in [2.75, 3.05) is 5.32 Å². The molecule has 46 heavy (non-hydrogen) atoms. The quantitative estimate of drug-likeness (QED) is 0.285. The van der Waals surface area contributed by atoms with Crippen molar-refractivity contribution in [3.63, 3.8) is 0 Å². The Morgan fingerprint density at radius 3 is 2.52 bits per heavy atom. The minimum Gasteiger partial charge on any atom is -0.346 e. The number of thiophene rings is 1. The van der Waals surface area contributed by atoms with Crippen LogP contribution in [0.2, 0.25) is 5.02 Å². The summed E-state index contributed by atoms with van der Waals surface area (Å²) in [6.07, 6.45) is 0.238. The van der Waals surface area contributed by atoms with Crippen molar-refractivity contribution in [1.82, 2.24) is 25.0 Å². The van der Waals surface area contributed by atoms with Gasteiger partial charge in [-0.1, -0.05) is 41.1 Å². The molecule has 0 saturated carbocycles. The molecule has 2 aromatic heterocycles. The van der Waals surface area contributed by atoms with E-state index in [0.29, 0.717) is 33.1 Å². The number of nitrogens with one attached hydrogen (secondary N) is 2. The number of rotatable bonds is 6. The molecule has 3 aliphatic heterocycles. The number of imide groups is 2. The summed E-state index contributed by atoms with van der Waals surface area (Å²) >= 11 is 7.62. The highest BCUT2D eigenvalue weighted by Gasteiger charge is 2.46. The highest BCUT2D eigenvalue weighted by Crippen LogP contribution is 2.44. The highest BCUT2D eigenvalue weighted by atomic mass is 35.5. The Labute approximate surface area is 271 Å². The zero-order chi connectivity index (χ0) is 32.4. The lowest BCUT2D eigenvalue weighted by Gasteiger charge is -2.27. The van der Waals surface area contributed by atoms with E-state index in [4.69, 9.17) is 16.6 Å². The number of aromatic nitrogens is 3. The SMILES string of the molecule is CC(=O)C[C@@H]1N=C(c2ccc(Cl)cc2)c2c(sc(Nc3cccc4c3C(=O)N(C3CCC(=O)NC3=O)C4=O)c2C)-n2c(C)nnc21. The largest absolute Gasteiger partial charge is 0.346 e. The summed E-state index contributed by atoms with van der Waals surface area (Å²) in [5.74, 6) is -1.19. The van der Waals surface area contributed by atoms with Crippen molar-refractivity contribution in [3.8, 4) is 5.00 Å². The predicted molar refractivity (Wildman–Crippen MR) is 170 cm³/mol. The van der Waals surface area contributed by atoms with E-state index in [1.54, 1.807) is 30.3 Å². The average Bonchev–Trinajstić information content (AvgIpc) is 3.59. The van der Waals surface area contributed by atoms with Crippen LogP contribution in [0.5, 0.6) is 0 Å². The molecule has 1 fully saturated rings. The normalized spacial score (nSPS) is 18.9. The number of nitrogens with zero attached hydrogens (tertiary/aromatic N) is 5. The van der Waals surface area contributed by atoms with Crippen LogP contribution in [0.1, 0.15) is 81.3 Å². The number of halogens is 1. The second-order valence-corrected chi connectivity index (χ2v) is 12.8. The molecule has 232 valence electrons. The molecule has 7 rings (SSSR count). The number of anilines is 2. The summed E-state index contributed by atoms with van der Waals surface area (Å²) in [4.78, 5) is 69.9. The van der Waals surface area contributed by atoms with Crippen LogP contribution in [-0.2, 0) is 14.4 Å². The first-order chi connectivity index (χ1) is 22.0. The minimum atomic E-state index is -1.08. The summed E-state index contributed by atoms with van der Waals surface area (Å²) in [6, 6.07) is 10.6. The first kappa shape index (κ1) is 29.7. The van der Waals surface area contributed by atoms with E-state index in [1.807, 2.05) is 30.5 Å². The van der Waals surface area contributed by atoms with Gasteiger partial charge in [-0.25, -0.2) is 0 Å². The topological polar surface area (TPSA) is 156 Å². The number of amides is 4. The number of ketones is 1. The fraction of sp³-hybridized carbons (Fsp3) is 0.250. The number of aryl methyl sites for hydroxylation is 1. The molecule has 1 unspecified atom stereocenters. The third kappa shape index (κ3) is 4.74. The first-order valence-electron chi connectivity index (χ1n) is 14.5. The maximum Gasteiger partial charge on any atom is 0.264 e. The molecule has 0 bridgehead atoms. The molecular formula is C32H26ClN7O5S. The van der Waals surface area contributed by atoms with Crippen LogP contribution in [0.15, 0.2) is 47.5 Å². The van der Waals surface area contributed by atoms with Gasteiger partial charge in [-0.15, -0.1) is 10.2 Å². The molecule has 2 atom stereocenters. The van der Waals surface area contributed by atoms with Gasteiger partial charge < -0.3 is 5.32 Å². The van der Waals surface area contributed by atoms with Gasteiger partial charge in [-0.2, -0.15) is 0 Å². The van der Waals surface area contributed by atoms with Crippen LogP contribution in [-0.4, -0.2) is 60.8 Å². The van der Waals surface area contributed by atoms with Gasteiger partial charge in [0.2, 0.25) is 11.8 Å². The summed E-state index contributed by atoms with van der Waals surface area (Å²) in [5, 5.41) is 16.4. The Balaban J connectivity index is 1.34. The fourth-order valence-electron chi connectivity index (χ4n) is 6.15. The van der Waals surface area contributed by atoms with Crippen LogP contribution in [0.4, 0.5) is 10.7 Å². The van der Waals surface area contributed by atoms with Crippen LogP contribution >= 0.6 is 22.9 Å². The molecule has 12 nitrogen and oxygen atoms in total. The Hall–Kier alpha value is -5.01. The van der Waals surface area contributed by atoms with Crippen LogP contribution < -0.4 is 10.6 Å². The lowest BCUT2D eigenvalue weighted by atomic mass is 10.00. The molecule has 1 saturated heterocycles. The number of hydrogen-bond donors (Lipinski definition) is 2. The number of carbonyl (C=O) groups excluding carboxylic acids is 5. The van der Waals surface area contributed by atoms with Gasteiger partial charge in [0.05, 0.1) is 27.5 Å². The number of piperidine rings is 1. The molecule has 4 amide bonds. The van der Waals surface area contributed by atoms with Crippen molar-refractivity contribution in [2.45, 2.75) is 52.1 Å². The lowest BCUT2D eigenvalue weighted by molar-refractivity contribution is -0.136. The monoisotopic (exact) mass is 655 g/mol. The summed E-state index contributed by atoms with van der Waals surface area (Å²) in [5.41, 5.74) is 3.77. The highest BCUT2D eigenvalue weighted by molar-refractivity contribution is 7.19. The molecular weight excluding hydrogens is 630 g/mol. The maximum atomic E-state index is 13.8. The summed E-state index contributed by atoms with van der Waals surface area (Å²) in [7, 11) is 0. The van der Waals surface area contributed by atoms with Gasteiger partial charge in [-0.05, 0) is 57.0 Å². The predicted octanol–water partition coefficient (Wildman–Crippen LogP) is 4.62. The van der Waals surface area contributed by atoms with Gasteiger partial charge in [0.15, 0.2) is 5.82 Å². The number of fused-ring (bicyclic) bond motifs is 4. The minimum absolute atomic E-state index is 0.0319. The van der Waals surface area contributed by atoms with Crippen molar-refractivity contribution in [1.29, 1.82) is 0 Å². The number of carbonyl (C=O) groups is 5. The third-order valence-electron chi connectivity index (χ3n) is 8.32. The molecule has 2 aromatic carbocycles. The Morgan fingerprint density at radius 1 is 1.04 bits per heavy atom. The van der Waals surface area contributed by atoms with E-state index in [2.05, 4.69) is 20.8 Å². The van der Waals surface area contributed by atoms with Gasteiger partial charge >= 0.3 is 0 Å². The number of Topliss-reactive ketones (excluding diaryl/α,β-unsaturated/α-hetero) is 1. The van der Waals surface area contributed by atoms with E-state index in [1.165, 1.54) is 18.3 Å². The molecule has 5 heterocycles. The van der Waals surface area contributed by atoms with E-state index in [-0.39, 0.29) is 36.2 Å². The van der Waals surface area contributed by atoms with Crippen LogP contribution in [0.25, 0.3) is 5.00 Å². The summed E-state index contributed by atoms with van der Waals surface area (Å²) in [6.45, 7) is 5.28. The Kier molecular flexibility index (Phi) is 7.17. The van der Waals surface area contributed by atoms with E-state index < -0.39 is 35.7 Å². The molecule has 0 aliphatic carbocycles. The lowest BCUT2D eigenvalue weighted by Crippen LogP contribution is -2.54. The first-order valence-corrected chi connectivity index (χ1v) is 15.7. The third-order valence-corrected chi connectivity index (χ3v) is 9.76. The second kappa shape index (κ2) is 11.1. The number of hydrogen-bond acceptors (Lipinski definition) is 10. The Morgan fingerprint density at radius 2 is 1.80 bits per heavy atom. The standard InChI is InChI=1S/C32H26ClN7O5S/c1-14(41)13-21-27-38-37-16(3)39(27)32-24(26(34-21)17-7-9-18(33)10-8-17)15(2)29(46-32)35-20-6-4-5-19-25(20)31(45)40(30(19)44)22-11-12-23(42)36-28(22)43/h4-10,21-22,35H,11-13H2,1-3H3,(H,36,42,43)/t21-,22?/m0/s1. The summed E-state index contributed by atoms with van der Waals surface area (Å²) < 4.78 is 1.91. The number of benzene rings is 2. The van der Waals surface area contributed by atoms with Gasteiger partial charge in [-0.3, -0.25) is 43.7 Å². The Bertz CT molecular complexity index is 2050. The molecule has 3 aliphatic rings. The molecule has 4 aromatic rings. The van der Waals surface area contributed by atoms with Gasteiger partial charge in [0.25, 0.3) is 11.8 Å². The van der Waals surface area contributed by atoms with Gasteiger partial charge in [0, 0.05) is 29.0 Å². The van der Waals surface area contributed by atoms with Crippen molar-refractivity contribution in [2.24, 2.45) is 4.99 Å². The van der Waals surface area contributed by atoms with E-state index in [0.717, 1.165) is 26.6 Å². The fourth-order valence-corrected chi connectivity index (χ4v) is 7.56. The maximum absolute atomic E-state index is 13.8. The van der Waals surface area contributed by atoms with Crippen molar-refractivity contribution in [3.05, 3.63) is 87.0 Å². The van der Waals surface area contributed by atoms with Crippen molar-refractivity contribution >= 4 is 68.7 Å². The smallest absolute Gasteiger partial charge is 0.264 e. The number of aliphatic imine (C=N–C) groups is 1. The molecule has 0 radical (unpaired) electrons. The zero-order valence-electron chi connectivity index (χ0n) is 24.9. The molecule has 14 heteroatoms. The van der Waals surface area contributed by atoms with Crippen LogP contribution in [0.3, 0.4) is 0 Å². The second-order valence-electron chi connectivity index (χ2n) is 11.4. The van der Waals surface area contributed by atoms with Gasteiger partial charge in [0.1, 0.15) is 28.7 Å². The molecule has 0 spiro atoms. The van der Waals surface area contributed by atoms with Crippen molar-refractivity contribution < 1.29 is 24.0 Å². The van der Waals surface area contributed by atoms with Crippen LogP contribution in [0, 0.1) is 13.8 Å². The molecule has 2 N–H and O–H groups in total. The van der Waals surface area contributed by atoms with E-state index in [9.17, 15) is 24.0 Å². The zero-order valence-corrected chi connectivity index (χ0v) is 26.5.